The van der Waals surface area contributed by atoms with E-state index in [1.54, 1.807) is 43.5 Å². The average molecular weight is 729 g/mol. The number of hydrogen-bond acceptors (Lipinski definition) is 8. The Balaban J connectivity index is 1.48. The number of amides is 3. The summed E-state index contributed by atoms with van der Waals surface area (Å²) in [6, 6.07) is 40.5. The molecule has 0 N–H and O–H groups in total. The molecule has 0 bridgehead atoms. The highest BCUT2D eigenvalue weighted by Gasteiger charge is 2.60. The third-order valence-corrected chi connectivity index (χ3v) is 14.4. The molecule has 2 aliphatic heterocycles. The monoisotopic (exact) mass is 728 g/mol. The van der Waals surface area contributed by atoms with Gasteiger partial charge in [-0.2, -0.15) is 0 Å². The predicted octanol–water partition coefficient (Wildman–Crippen LogP) is 4.98. The Bertz CT molecular complexity index is 2110. The molecule has 2 aliphatic rings. The van der Waals surface area contributed by atoms with Crippen molar-refractivity contribution in [1.82, 2.24) is 9.80 Å². The van der Waals surface area contributed by atoms with E-state index in [0.29, 0.717) is 11.3 Å². The number of benzene rings is 5. The summed E-state index contributed by atoms with van der Waals surface area (Å²) in [7, 11) is 1.56. The Morgan fingerprint density at radius 3 is 1.58 bits per heavy atom. The number of nitrogens with zero attached hydrogens (tertiary/aromatic N) is 2. The Labute approximate surface area is 305 Å². The molecule has 1 saturated heterocycles. The molecule has 0 aliphatic carbocycles. The molecule has 3 amide bonds. The zero-order valence-electron chi connectivity index (χ0n) is 28.2. The summed E-state index contributed by atoms with van der Waals surface area (Å²) in [5, 5.41) is 0.788. The zero-order valence-corrected chi connectivity index (χ0v) is 30.0. The second kappa shape index (κ2) is 14.5. The molecule has 52 heavy (non-hydrogen) atoms. The summed E-state index contributed by atoms with van der Waals surface area (Å²) < 4.78 is 11.4. The van der Waals surface area contributed by atoms with Crippen molar-refractivity contribution >= 4 is 68.8 Å². The summed E-state index contributed by atoms with van der Waals surface area (Å²) in [4.78, 5) is 72.6. The molecule has 1 fully saturated rings. The Morgan fingerprint density at radius 2 is 1.13 bits per heavy atom. The van der Waals surface area contributed by atoms with Crippen molar-refractivity contribution in [3.63, 3.8) is 0 Å². The smallest absolute Gasteiger partial charge is 0.356 e. The standard InChI is InChI=1S/C41H33N2O7PS/c1-27(44)52-40-35(42-36(45)33-20-12-13-21-34(33)37(42)46)38(47)43(40)39(41(48)50-26-28-22-24-29(49-2)25-23-28)51(30-14-6-3-7-15-30,31-16-8-4-9-17-31)32-18-10-5-11-19-32/h3-25,35,40H,26H2,1-2H3/t35?,40-/m1/s1. The molecule has 0 saturated carbocycles. The van der Waals surface area contributed by atoms with Crippen molar-refractivity contribution in [1.29, 1.82) is 0 Å². The first-order valence-electron chi connectivity index (χ1n) is 16.5. The van der Waals surface area contributed by atoms with Gasteiger partial charge in [-0.05, 0) is 45.7 Å². The molecular weight excluding hydrogens is 695 g/mol. The van der Waals surface area contributed by atoms with Crippen LogP contribution in [0.15, 0.2) is 140 Å². The number of hydrogen-bond donors (Lipinski definition) is 0. The summed E-state index contributed by atoms with van der Waals surface area (Å²) >= 11 is 0.792. The minimum Gasteiger partial charge on any atom is -0.497 e. The summed E-state index contributed by atoms with van der Waals surface area (Å²) in [5.41, 5.74) is 1.06. The van der Waals surface area contributed by atoms with Crippen LogP contribution < -0.4 is 20.7 Å². The van der Waals surface area contributed by atoms with E-state index in [4.69, 9.17) is 9.47 Å². The van der Waals surface area contributed by atoms with Gasteiger partial charge in [-0.15, -0.1) is 0 Å². The first kappa shape index (κ1) is 34.7. The molecule has 11 heteroatoms. The lowest BCUT2D eigenvalue weighted by molar-refractivity contribution is -0.147. The average Bonchev–Trinajstić information content (AvgIpc) is 3.43. The van der Waals surface area contributed by atoms with E-state index < -0.39 is 42.0 Å². The van der Waals surface area contributed by atoms with Crippen LogP contribution in [-0.4, -0.2) is 62.5 Å². The number of carbonyl (C=O) groups is 5. The third-order valence-electron chi connectivity index (χ3n) is 9.09. The minimum atomic E-state index is -3.33. The van der Waals surface area contributed by atoms with Crippen LogP contribution in [0.4, 0.5) is 0 Å². The molecule has 0 spiro atoms. The SMILES string of the molecule is COc1ccc(COC(=O)C(N2C(=O)C(N3C(=O)c4ccccc4C3=O)[C@H]2SC(C)=O)=P(c2ccccc2)(c2ccccc2)c2ccccc2)cc1. The van der Waals surface area contributed by atoms with Crippen molar-refractivity contribution in [2.75, 3.05) is 7.11 Å². The number of likely N-dealkylation sites (tertiary alicyclic amines) is 1. The van der Waals surface area contributed by atoms with Crippen LogP contribution in [0.25, 0.3) is 0 Å². The number of thioether (sulfide) groups is 1. The number of ether oxygens (including phenoxy) is 2. The number of carbonyl (C=O) groups excluding carboxylic acids is 5. The van der Waals surface area contributed by atoms with Crippen molar-refractivity contribution in [2.45, 2.75) is 24.9 Å². The van der Waals surface area contributed by atoms with Crippen LogP contribution in [0, 0.1) is 0 Å². The van der Waals surface area contributed by atoms with Crippen LogP contribution in [0.1, 0.15) is 33.2 Å². The van der Waals surface area contributed by atoms with Crippen LogP contribution in [0.5, 0.6) is 5.75 Å². The molecule has 2 heterocycles. The van der Waals surface area contributed by atoms with E-state index in [1.165, 1.54) is 24.0 Å². The van der Waals surface area contributed by atoms with E-state index in [9.17, 15) is 19.2 Å². The number of rotatable bonds is 10. The number of imide groups is 1. The maximum absolute atomic E-state index is 15.1. The van der Waals surface area contributed by atoms with Gasteiger partial charge >= 0.3 is 5.97 Å². The van der Waals surface area contributed by atoms with Gasteiger partial charge in [0, 0.05) is 13.8 Å². The summed E-state index contributed by atoms with van der Waals surface area (Å²) in [5.74, 6) is -2.07. The van der Waals surface area contributed by atoms with Crippen molar-refractivity contribution in [3.8, 4) is 5.75 Å². The van der Waals surface area contributed by atoms with E-state index in [1.807, 2.05) is 91.0 Å². The van der Waals surface area contributed by atoms with Gasteiger partial charge in [0.25, 0.3) is 17.7 Å². The van der Waals surface area contributed by atoms with Crippen LogP contribution in [-0.2, 0) is 25.7 Å². The normalized spacial score (nSPS) is 16.6. The fourth-order valence-corrected chi connectivity index (χ4v) is 12.2. The Hall–Kier alpha value is -5.70. The lowest BCUT2D eigenvalue weighted by Gasteiger charge is -2.50. The van der Waals surface area contributed by atoms with Crippen molar-refractivity contribution < 1.29 is 33.4 Å². The van der Waals surface area contributed by atoms with Gasteiger partial charge in [-0.25, -0.2) is 4.79 Å². The minimum absolute atomic E-state index is 0.0289. The summed E-state index contributed by atoms with van der Waals surface area (Å²) in [6.45, 7) is -2.10. The molecule has 260 valence electrons. The largest absolute Gasteiger partial charge is 0.497 e. The molecule has 7 rings (SSSR count). The molecule has 5 aromatic carbocycles. The molecular formula is C41H33N2O7PS. The first-order chi connectivity index (χ1) is 25.3. The van der Waals surface area contributed by atoms with Gasteiger partial charge in [0.05, 0.1) is 18.2 Å². The topological polar surface area (TPSA) is 110 Å². The second-order valence-electron chi connectivity index (χ2n) is 12.1. The zero-order chi connectivity index (χ0) is 36.4. The maximum Gasteiger partial charge on any atom is 0.356 e. The van der Waals surface area contributed by atoms with Gasteiger partial charge in [0.1, 0.15) is 29.2 Å². The number of fused-ring (bicyclic) bond motifs is 1. The lowest BCUT2D eigenvalue weighted by Crippen LogP contribution is -2.73. The molecule has 2 atom stereocenters. The van der Waals surface area contributed by atoms with Crippen molar-refractivity contribution in [2.24, 2.45) is 0 Å². The molecule has 0 aromatic heterocycles. The third kappa shape index (κ3) is 5.93. The van der Waals surface area contributed by atoms with Crippen LogP contribution in [0.3, 0.4) is 0 Å². The number of methoxy groups -OCH3 is 1. The van der Waals surface area contributed by atoms with Gasteiger partial charge in [0.2, 0.25) is 0 Å². The van der Waals surface area contributed by atoms with Gasteiger partial charge in [-0.1, -0.05) is 127 Å². The van der Waals surface area contributed by atoms with Crippen LogP contribution >= 0.6 is 18.6 Å². The predicted molar refractivity (Wildman–Crippen MR) is 203 cm³/mol. The molecule has 1 unspecified atom stereocenters. The van der Waals surface area contributed by atoms with E-state index in [-0.39, 0.29) is 28.3 Å². The Morgan fingerprint density at radius 1 is 0.673 bits per heavy atom. The molecule has 9 nitrogen and oxygen atoms in total. The van der Waals surface area contributed by atoms with E-state index >= 15 is 4.79 Å². The van der Waals surface area contributed by atoms with Gasteiger partial charge in [0.15, 0.2) is 5.12 Å². The fourth-order valence-electron chi connectivity index (χ4n) is 6.76. The Kier molecular flexibility index (Phi) is 9.69. The first-order valence-corrected chi connectivity index (χ1v) is 19.1. The number of esters is 1. The van der Waals surface area contributed by atoms with Gasteiger partial charge in [-0.3, -0.25) is 29.0 Å². The highest BCUT2D eigenvalue weighted by atomic mass is 32.2. The molecule has 5 aromatic rings. The molecule has 0 radical (unpaired) electrons. The van der Waals surface area contributed by atoms with Crippen LogP contribution in [0.2, 0.25) is 0 Å². The highest BCUT2D eigenvalue weighted by Crippen LogP contribution is 2.50. The maximum atomic E-state index is 15.1. The van der Waals surface area contributed by atoms with Gasteiger partial charge < -0.3 is 9.47 Å². The van der Waals surface area contributed by atoms with Crippen molar-refractivity contribution in [3.05, 3.63) is 156 Å². The number of β-lactam (4-membered cyclic amide) rings is 1. The summed E-state index contributed by atoms with van der Waals surface area (Å²) in [6.07, 6.45) is 0. The lowest BCUT2D eigenvalue weighted by atomic mass is 10.1. The fraction of sp³-hybridized carbons (Fsp3) is 0.122. The van der Waals surface area contributed by atoms with E-state index in [0.717, 1.165) is 32.6 Å². The highest BCUT2D eigenvalue weighted by molar-refractivity contribution is 8.14. The quantitative estimate of drug-likeness (QED) is 0.0859. The second-order valence-corrected chi connectivity index (χ2v) is 16.7. The van der Waals surface area contributed by atoms with E-state index in [2.05, 4.69) is 0 Å².